The second-order valence-corrected chi connectivity index (χ2v) is 8.07. The van der Waals surface area contributed by atoms with Gasteiger partial charge in [0, 0.05) is 6.92 Å². The first kappa shape index (κ1) is 18.5. The molecule has 124 valence electrons. The molecule has 0 saturated heterocycles. The number of carbonyl (C=O) groups is 1. The predicted molar refractivity (Wildman–Crippen MR) is 89.5 cm³/mol. The molecule has 0 heterocycles. The molecule has 0 aromatic carbocycles. The van der Waals surface area contributed by atoms with E-state index in [1.165, 1.54) is 70.6 Å². The van der Waals surface area contributed by atoms with E-state index < -0.39 is 5.97 Å². The van der Waals surface area contributed by atoms with Crippen LogP contribution in [0.2, 0.25) is 0 Å². The zero-order valence-electron chi connectivity index (χ0n) is 14.7. The number of carboxylic acids is 1. The van der Waals surface area contributed by atoms with Crippen LogP contribution in [0.1, 0.15) is 98.3 Å². The summed E-state index contributed by atoms with van der Waals surface area (Å²) in [5.74, 6) is 0.179. The average Bonchev–Trinajstić information content (AvgIpc) is 2.71. The van der Waals surface area contributed by atoms with E-state index >= 15 is 0 Å². The molecule has 0 aromatic rings. The smallest absolute Gasteiger partial charge is 0.300 e. The van der Waals surface area contributed by atoms with E-state index in [2.05, 4.69) is 20.8 Å². The first-order chi connectivity index (χ1) is 9.79. The van der Waals surface area contributed by atoms with E-state index in [-0.39, 0.29) is 0 Å². The summed E-state index contributed by atoms with van der Waals surface area (Å²) in [6.45, 7) is 8.83. The lowest BCUT2D eigenvalue weighted by atomic mass is 9.56. The van der Waals surface area contributed by atoms with Gasteiger partial charge in [-0.3, -0.25) is 4.79 Å². The number of hydrogen-bond donors (Lipinski definition) is 1. The quantitative estimate of drug-likeness (QED) is 0.598. The average molecular weight is 296 g/mol. The second kappa shape index (κ2) is 8.19. The monoisotopic (exact) mass is 296 g/mol. The van der Waals surface area contributed by atoms with Gasteiger partial charge in [-0.05, 0) is 42.4 Å². The van der Waals surface area contributed by atoms with Crippen LogP contribution in [-0.2, 0) is 4.79 Å². The predicted octanol–water partition coefficient (Wildman–Crippen LogP) is 6.04. The van der Waals surface area contributed by atoms with Crippen LogP contribution in [0.4, 0.5) is 0 Å². The summed E-state index contributed by atoms with van der Waals surface area (Å²) in [5, 5.41) is 7.42. The van der Waals surface area contributed by atoms with Crippen LogP contribution in [0.25, 0.3) is 0 Å². The summed E-state index contributed by atoms with van der Waals surface area (Å²) >= 11 is 0. The lowest BCUT2D eigenvalue weighted by Gasteiger charge is -2.49. The molecular formula is C19H36O2. The third-order valence-electron chi connectivity index (χ3n) is 6.30. The molecule has 2 aliphatic carbocycles. The van der Waals surface area contributed by atoms with Gasteiger partial charge in [0.1, 0.15) is 0 Å². The van der Waals surface area contributed by atoms with Crippen LogP contribution in [0, 0.1) is 16.7 Å². The fourth-order valence-electron chi connectivity index (χ4n) is 4.53. The molecule has 0 radical (unpaired) electrons. The van der Waals surface area contributed by atoms with Gasteiger partial charge in [0.2, 0.25) is 0 Å². The summed E-state index contributed by atoms with van der Waals surface area (Å²) < 4.78 is 0. The van der Waals surface area contributed by atoms with Crippen molar-refractivity contribution in [3.8, 4) is 0 Å². The molecule has 2 heteroatoms. The van der Waals surface area contributed by atoms with Gasteiger partial charge in [-0.1, -0.05) is 65.7 Å². The SMILES string of the molecule is CC(=O)O.CC1(C)CCCCCC1(C)C1CCCCCC1. The van der Waals surface area contributed by atoms with Crippen LogP contribution < -0.4 is 0 Å². The number of hydrogen-bond acceptors (Lipinski definition) is 1. The van der Waals surface area contributed by atoms with E-state index in [1.54, 1.807) is 0 Å². The fourth-order valence-corrected chi connectivity index (χ4v) is 4.53. The molecule has 1 N–H and O–H groups in total. The van der Waals surface area contributed by atoms with Crippen molar-refractivity contribution in [2.24, 2.45) is 16.7 Å². The van der Waals surface area contributed by atoms with Crippen molar-refractivity contribution < 1.29 is 9.90 Å². The van der Waals surface area contributed by atoms with Crippen molar-refractivity contribution >= 4 is 5.97 Å². The van der Waals surface area contributed by atoms with Gasteiger partial charge in [0.15, 0.2) is 0 Å². The number of carboxylic acid groups (broad SMARTS) is 1. The summed E-state index contributed by atoms with van der Waals surface area (Å²) in [7, 11) is 0. The molecule has 2 aliphatic rings. The van der Waals surface area contributed by atoms with E-state index in [0.29, 0.717) is 10.8 Å². The molecular weight excluding hydrogens is 260 g/mol. The van der Waals surface area contributed by atoms with Gasteiger partial charge in [-0.25, -0.2) is 0 Å². The maximum Gasteiger partial charge on any atom is 0.300 e. The van der Waals surface area contributed by atoms with Crippen molar-refractivity contribution in [3.05, 3.63) is 0 Å². The van der Waals surface area contributed by atoms with Crippen LogP contribution >= 0.6 is 0 Å². The molecule has 2 fully saturated rings. The topological polar surface area (TPSA) is 37.3 Å². The molecule has 0 amide bonds. The van der Waals surface area contributed by atoms with Crippen LogP contribution in [0.5, 0.6) is 0 Å². The van der Waals surface area contributed by atoms with Crippen molar-refractivity contribution in [3.63, 3.8) is 0 Å². The highest BCUT2D eigenvalue weighted by Crippen LogP contribution is 2.56. The minimum absolute atomic E-state index is 0.568. The van der Waals surface area contributed by atoms with Crippen molar-refractivity contribution in [1.82, 2.24) is 0 Å². The van der Waals surface area contributed by atoms with Crippen LogP contribution in [0.3, 0.4) is 0 Å². The third kappa shape index (κ3) is 5.30. The maximum atomic E-state index is 9.00. The lowest BCUT2D eigenvalue weighted by Crippen LogP contribution is -2.40. The second-order valence-electron chi connectivity index (χ2n) is 8.07. The van der Waals surface area contributed by atoms with E-state index in [1.807, 2.05) is 0 Å². The Balaban J connectivity index is 0.000000491. The third-order valence-corrected chi connectivity index (χ3v) is 6.30. The Morgan fingerprint density at radius 1 is 0.857 bits per heavy atom. The molecule has 0 spiro atoms. The first-order valence-electron chi connectivity index (χ1n) is 8.99. The highest BCUT2D eigenvalue weighted by atomic mass is 16.4. The van der Waals surface area contributed by atoms with Crippen LogP contribution in [0.15, 0.2) is 0 Å². The summed E-state index contributed by atoms with van der Waals surface area (Å²) in [6.07, 6.45) is 16.4. The maximum absolute atomic E-state index is 9.00. The fraction of sp³-hybridized carbons (Fsp3) is 0.947. The van der Waals surface area contributed by atoms with Gasteiger partial charge in [-0.2, -0.15) is 0 Å². The van der Waals surface area contributed by atoms with Crippen molar-refractivity contribution in [2.75, 3.05) is 0 Å². The molecule has 0 aliphatic heterocycles. The lowest BCUT2D eigenvalue weighted by molar-refractivity contribution is -0.134. The zero-order chi connectivity index (χ0) is 15.9. The van der Waals surface area contributed by atoms with E-state index in [0.717, 1.165) is 12.8 Å². The molecule has 1 unspecified atom stereocenters. The summed E-state index contributed by atoms with van der Waals surface area (Å²) in [4.78, 5) is 9.00. The number of rotatable bonds is 1. The molecule has 0 aromatic heterocycles. The Hall–Kier alpha value is -0.530. The minimum atomic E-state index is -0.833. The zero-order valence-corrected chi connectivity index (χ0v) is 14.7. The Bertz CT molecular complexity index is 310. The van der Waals surface area contributed by atoms with Gasteiger partial charge in [-0.15, -0.1) is 0 Å². The Morgan fingerprint density at radius 3 is 1.81 bits per heavy atom. The summed E-state index contributed by atoms with van der Waals surface area (Å²) in [5.41, 5.74) is 1.19. The standard InChI is InChI=1S/C17H32.C2H4O2/c1-16(2)13-9-6-10-14-17(16,3)15-11-7-4-5-8-12-15;1-2(3)4/h15H,4-14H2,1-3H3;1H3,(H,3,4). The molecule has 1 atom stereocenters. The summed E-state index contributed by atoms with van der Waals surface area (Å²) in [6, 6.07) is 0. The highest BCUT2D eigenvalue weighted by Gasteiger charge is 2.46. The molecule has 2 rings (SSSR count). The van der Waals surface area contributed by atoms with Crippen molar-refractivity contribution in [1.29, 1.82) is 0 Å². The Kier molecular flexibility index (Phi) is 7.23. The van der Waals surface area contributed by atoms with E-state index in [9.17, 15) is 0 Å². The van der Waals surface area contributed by atoms with Gasteiger partial charge in [0.25, 0.3) is 5.97 Å². The minimum Gasteiger partial charge on any atom is -0.481 e. The van der Waals surface area contributed by atoms with Crippen molar-refractivity contribution in [2.45, 2.75) is 98.3 Å². The first-order valence-corrected chi connectivity index (χ1v) is 8.99. The van der Waals surface area contributed by atoms with Crippen LogP contribution in [-0.4, -0.2) is 11.1 Å². The molecule has 2 nitrogen and oxygen atoms in total. The largest absolute Gasteiger partial charge is 0.481 e. The van der Waals surface area contributed by atoms with Gasteiger partial charge >= 0.3 is 0 Å². The highest BCUT2D eigenvalue weighted by molar-refractivity contribution is 5.62. The van der Waals surface area contributed by atoms with E-state index in [4.69, 9.17) is 9.90 Å². The molecule has 2 saturated carbocycles. The Morgan fingerprint density at radius 2 is 1.29 bits per heavy atom. The normalized spacial score (nSPS) is 30.5. The molecule has 0 bridgehead atoms. The van der Waals surface area contributed by atoms with Gasteiger partial charge in [0.05, 0.1) is 0 Å². The number of aliphatic carboxylic acids is 1. The Labute approximate surface area is 131 Å². The molecule has 21 heavy (non-hydrogen) atoms. The van der Waals surface area contributed by atoms with Gasteiger partial charge < -0.3 is 5.11 Å².